The minimum Gasteiger partial charge on any atom is -1.00 e. The van der Waals surface area contributed by atoms with Gasteiger partial charge in [0.2, 0.25) is 5.91 Å². The number of aliphatic imine (C=N–C) groups is 1. The first-order chi connectivity index (χ1) is 20.2. The Hall–Kier alpha value is -3.12. The zero-order chi connectivity index (χ0) is 29.7. The van der Waals surface area contributed by atoms with Crippen molar-refractivity contribution < 1.29 is 49.0 Å². The van der Waals surface area contributed by atoms with Crippen molar-refractivity contribution in [3.63, 3.8) is 0 Å². The molecule has 1 aliphatic heterocycles. The van der Waals surface area contributed by atoms with Crippen LogP contribution in [0, 0.1) is 6.92 Å². The predicted molar refractivity (Wildman–Crippen MR) is 172 cm³/mol. The van der Waals surface area contributed by atoms with Crippen LogP contribution in [-0.4, -0.2) is 31.7 Å². The summed E-state index contributed by atoms with van der Waals surface area (Å²) in [7, 11) is -3.94. The minimum absolute atomic E-state index is 0. The van der Waals surface area contributed by atoms with Gasteiger partial charge in [0.15, 0.2) is 5.17 Å². The fraction of sp³-hybridized carbons (Fsp3) is 0.0938. The number of carbonyl (C=O) groups is 2. The first-order valence-electron chi connectivity index (χ1n) is 12.9. The van der Waals surface area contributed by atoms with E-state index in [1.165, 1.54) is 28.8 Å². The third-order valence-electron chi connectivity index (χ3n) is 6.39. The van der Waals surface area contributed by atoms with Crippen molar-refractivity contribution in [1.82, 2.24) is 10.0 Å². The van der Waals surface area contributed by atoms with Crippen molar-refractivity contribution >= 4 is 62.3 Å². The average molecular weight is 638 g/mol. The van der Waals surface area contributed by atoms with Gasteiger partial charge in [-0.3, -0.25) is 9.59 Å². The van der Waals surface area contributed by atoms with E-state index in [0.29, 0.717) is 21.3 Å². The standard InChI is InChI=1S/C32H27N3O4S3.Na.H/c1-21-3-17-28(18-4-21)42(38,39)35-30(36)20-23-7-13-26(14-8-23)33-32-34-31(37)29(41-32)19-22-5-9-24(10-6-22)25-11-15-27(40-2)16-12-25;;/h3-19H,20H2,1-2H3,(H,35,36)(H,33,34,37);;/q;+1;-1/b29-19+;;. The number of thioether (sulfide) groups is 2. The Bertz CT molecular complexity index is 1790. The molecule has 1 saturated heterocycles. The molecule has 214 valence electrons. The number of carbonyl (C=O) groups excluding carboxylic acids is 2. The van der Waals surface area contributed by atoms with Crippen molar-refractivity contribution in [2.45, 2.75) is 23.1 Å². The summed E-state index contributed by atoms with van der Waals surface area (Å²) >= 11 is 2.96. The number of amidine groups is 1. The molecule has 0 atom stereocenters. The second-order valence-electron chi connectivity index (χ2n) is 9.52. The Morgan fingerprint density at radius 3 is 2.14 bits per heavy atom. The molecule has 0 aromatic heterocycles. The number of benzene rings is 4. The van der Waals surface area contributed by atoms with Crippen LogP contribution in [0.3, 0.4) is 0 Å². The first kappa shape index (κ1) is 32.8. The molecular formula is C32H28N3NaO4S3. The molecule has 7 nitrogen and oxygen atoms in total. The number of hydrogen-bond acceptors (Lipinski definition) is 7. The van der Waals surface area contributed by atoms with E-state index < -0.39 is 15.9 Å². The van der Waals surface area contributed by atoms with Crippen LogP contribution in [0.5, 0.6) is 0 Å². The molecule has 0 unspecified atom stereocenters. The second-order valence-corrected chi connectivity index (χ2v) is 13.1. The molecule has 0 aliphatic carbocycles. The molecule has 4 aromatic carbocycles. The van der Waals surface area contributed by atoms with Crippen LogP contribution >= 0.6 is 23.5 Å². The molecule has 1 aliphatic rings. The van der Waals surface area contributed by atoms with E-state index in [2.05, 4.69) is 45.6 Å². The van der Waals surface area contributed by atoms with E-state index in [4.69, 9.17) is 0 Å². The van der Waals surface area contributed by atoms with Crippen LogP contribution in [0.15, 0.2) is 117 Å². The van der Waals surface area contributed by atoms with Gasteiger partial charge in [-0.1, -0.05) is 66.2 Å². The maximum atomic E-state index is 12.6. The number of hydrogen-bond donors (Lipinski definition) is 2. The molecule has 0 saturated carbocycles. The van der Waals surface area contributed by atoms with Crippen LogP contribution < -0.4 is 39.6 Å². The molecule has 11 heteroatoms. The van der Waals surface area contributed by atoms with Crippen molar-refractivity contribution in [2.75, 3.05) is 6.26 Å². The van der Waals surface area contributed by atoms with Crippen LogP contribution in [0.2, 0.25) is 0 Å². The van der Waals surface area contributed by atoms with Crippen molar-refractivity contribution in [3.05, 3.63) is 119 Å². The SMILES string of the molecule is CSc1ccc(-c2ccc(/C=C3/SC(=Nc4ccc(CC(=O)NS(=O)(=O)c5ccc(C)cc5)cc4)NC3=O)cc2)cc1.[H-].[Na+]. The number of nitrogens with one attached hydrogen (secondary N) is 2. The molecule has 43 heavy (non-hydrogen) atoms. The number of aryl methyl sites for hydroxylation is 1. The predicted octanol–water partition coefficient (Wildman–Crippen LogP) is 3.44. The summed E-state index contributed by atoms with van der Waals surface area (Å²) in [6.07, 6.45) is 3.77. The maximum Gasteiger partial charge on any atom is 1.00 e. The van der Waals surface area contributed by atoms with E-state index in [1.807, 2.05) is 37.3 Å². The Morgan fingerprint density at radius 2 is 1.53 bits per heavy atom. The topological polar surface area (TPSA) is 105 Å². The van der Waals surface area contributed by atoms with Crippen LogP contribution in [-0.2, 0) is 26.0 Å². The molecular weight excluding hydrogens is 610 g/mol. The summed E-state index contributed by atoms with van der Waals surface area (Å²) < 4.78 is 27.0. The van der Waals surface area contributed by atoms with Gasteiger partial charge in [0, 0.05) is 4.90 Å². The molecule has 1 fully saturated rings. The van der Waals surface area contributed by atoms with Gasteiger partial charge in [0.05, 0.1) is 21.9 Å². The number of sulfonamides is 1. The van der Waals surface area contributed by atoms with Gasteiger partial charge in [-0.2, -0.15) is 0 Å². The molecule has 2 amide bonds. The molecule has 0 bridgehead atoms. The molecule has 1 heterocycles. The summed E-state index contributed by atoms with van der Waals surface area (Å²) in [6.45, 7) is 1.85. The van der Waals surface area contributed by atoms with Gasteiger partial charge in [-0.15, -0.1) is 11.8 Å². The minimum atomic E-state index is -3.94. The zero-order valence-electron chi connectivity index (χ0n) is 24.8. The van der Waals surface area contributed by atoms with Gasteiger partial charge in [0.25, 0.3) is 15.9 Å². The van der Waals surface area contributed by atoms with Crippen LogP contribution in [0.1, 0.15) is 18.1 Å². The molecule has 4 aromatic rings. The number of rotatable bonds is 8. The van der Waals surface area contributed by atoms with E-state index >= 15 is 0 Å². The normalized spacial score (nSPS) is 14.8. The van der Waals surface area contributed by atoms with Gasteiger partial charge in [0.1, 0.15) is 0 Å². The summed E-state index contributed by atoms with van der Waals surface area (Å²) in [6, 6.07) is 29.5. The molecule has 0 radical (unpaired) electrons. The zero-order valence-corrected chi connectivity index (χ0v) is 28.3. The van der Waals surface area contributed by atoms with Gasteiger partial charge in [-0.25, -0.2) is 18.1 Å². The summed E-state index contributed by atoms with van der Waals surface area (Å²) in [5, 5.41) is 3.24. The molecule has 2 N–H and O–H groups in total. The van der Waals surface area contributed by atoms with Crippen molar-refractivity contribution in [2.24, 2.45) is 4.99 Å². The second kappa shape index (κ2) is 14.6. The first-order valence-corrected chi connectivity index (χ1v) is 16.5. The quantitative estimate of drug-likeness (QED) is 0.174. The Morgan fingerprint density at radius 1 is 0.930 bits per heavy atom. The van der Waals surface area contributed by atoms with E-state index in [9.17, 15) is 18.0 Å². The van der Waals surface area contributed by atoms with Gasteiger partial charge in [-0.05, 0) is 89.7 Å². The Balaban J connectivity index is 0.00000264. The van der Waals surface area contributed by atoms with E-state index in [1.54, 1.807) is 48.2 Å². The summed E-state index contributed by atoms with van der Waals surface area (Å²) in [5.74, 6) is -0.858. The third-order valence-corrected chi connectivity index (χ3v) is 9.44. The monoisotopic (exact) mass is 637 g/mol. The average Bonchev–Trinajstić information content (AvgIpc) is 3.32. The van der Waals surface area contributed by atoms with E-state index in [-0.39, 0.29) is 48.2 Å². The van der Waals surface area contributed by atoms with Crippen molar-refractivity contribution in [3.8, 4) is 11.1 Å². The van der Waals surface area contributed by atoms with E-state index in [0.717, 1.165) is 22.3 Å². The summed E-state index contributed by atoms with van der Waals surface area (Å²) in [4.78, 5) is 31.2. The van der Waals surface area contributed by atoms with Gasteiger partial charge >= 0.3 is 29.6 Å². The smallest absolute Gasteiger partial charge is 1.00 e. The Kier molecular flexibility index (Phi) is 11.1. The fourth-order valence-corrected chi connectivity index (χ4v) is 6.37. The number of nitrogens with zero attached hydrogens (tertiary/aromatic N) is 1. The molecule has 5 rings (SSSR count). The number of amides is 2. The third kappa shape index (κ3) is 8.72. The fourth-order valence-electron chi connectivity index (χ4n) is 4.14. The maximum absolute atomic E-state index is 12.6. The van der Waals surface area contributed by atoms with Crippen LogP contribution in [0.25, 0.3) is 17.2 Å². The summed E-state index contributed by atoms with van der Waals surface area (Å²) in [5.41, 5.74) is 5.28. The van der Waals surface area contributed by atoms with Crippen LogP contribution in [0.4, 0.5) is 5.69 Å². The van der Waals surface area contributed by atoms with Crippen molar-refractivity contribution in [1.29, 1.82) is 0 Å². The Labute approximate surface area is 283 Å². The van der Waals surface area contributed by atoms with Gasteiger partial charge < -0.3 is 6.74 Å². The molecule has 0 spiro atoms. The largest absolute Gasteiger partial charge is 1.00 e.